The van der Waals surface area contributed by atoms with Crippen LogP contribution >= 0.6 is 0 Å². The Bertz CT molecular complexity index is 518. The molecule has 1 heterocycles. The molecule has 1 nitrogen and oxygen atoms in total. The van der Waals surface area contributed by atoms with Gasteiger partial charge in [0.2, 0.25) is 0 Å². The molecule has 0 amide bonds. The van der Waals surface area contributed by atoms with Crippen LogP contribution in [0.5, 0.6) is 0 Å². The molecule has 14 heavy (non-hydrogen) atoms. The zero-order valence-electron chi connectivity index (χ0n) is 7.34. The number of para-hydroxylation sites is 2. The summed E-state index contributed by atoms with van der Waals surface area (Å²) in [4.78, 5) is 3.32. The van der Waals surface area contributed by atoms with Crippen molar-refractivity contribution in [2.24, 2.45) is 0 Å². The maximum absolute atomic E-state index is 3.32. The number of fused-ring (bicyclic) bond motifs is 3. The van der Waals surface area contributed by atoms with Crippen molar-refractivity contribution < 1.29 is 22.4 Å². The van der Waals surface area contributed by atoms with Crippen molar-refractivity contribution in [3.63, 3.8) is 0 Å². The van der Waals surface area contributed by atoms with E-state index in [-0.39, 0.29) is 22.4 Å². The van der Waals surface area contributed by atoms with Gasteiger partial charge in [0.15, 0.2) is 0 Å². The van der Waals surface area contributed by atoms with Crippen LogP contribution in [-0.2, 0) is 22.4 Å². The molecule has 0 spiro atoms. The normalized spacial score (nSPS) is 10.3. The Hall–Kier alpha value is -1.02. The van der Waals surface area contributed by atoms with Crippen molar-refractivity contribution in [3.05, 3.63) is 48.5 Å². The fourth-order valence-electron chi connectivity index (χ4n) is 1.73. The second kappa shape index (κ2) is 3.62. The summed E-state index contributed by atoms with van der Waals surface area (Å²) in [6.45, 7) is 0. The van der Waals surface area contributed by atoms with Gasteiger partial charge in [-0.15, -0.1) is 5.39 Å². The van der Waals surface area contributed by atoms with Gasteiger partial charge in [-0.05, 0) is 11.5 Å². The van der Waals surface area contributed by atoms with Crippen LogP contribution in [-0.4, -0.2) is 4.98 Å². The molecular formula is C12H8AuN. The van der Waals surface area contributed by atoms with Gasteiger partial charge in [0.05, 0.1) is 0 Å². The smallest absolute Gasteiger partial charge is 0.378 e. The second-order valence-electron chi connectivity index (χ2n) is 3.13. The Kier molecular flexibility index (Phi) is 2.46. The summed E-state index contributed by atoms with van der Waals surface area (Å²) in [7, 11) is 0. The molecule has 0 aliphatic carbocycles. The number of aromatic amines is 1. The first-order chi connectivity index (χ1) is 6.45. The van der Waals surface area contributed by atoms with E-state index in [0.29, 0.717) is 0 Å². The van der Waals surface area contributed by atoms with E-state index in [9.17, 15) is 0 Å². The van der Waals surface area contributed by atoms with Crippen molar-refractivity contribution in [2.45, 2.75) is 0 Å². The molecule has 0 saturated carbocycles. The molecule has 1 N–H and O–H groups in total. The Morgan fingerprint density at radius 3 is 2.64 bits per heavy atom. The van der Waals surface area contributed by atoms with E-state index in [2.05, 4.69) is 35.3 Å². The molecule has 0 radical (unpaired) electrons. The Morgan fingerprint density at radius 2 is 1.71 bits per heavy atom. The van der Waals surface area contributed by atoms with Crippen LogP contribution in [0.3, 0.4) is 0 Å². The molecule has 0 fully saturated rings. The molecular weight excluding hydrogens is 355 g/mol. The third-order valence-electron chi connectivity index (χ3n) is 2.33. The first-order valence-electron chi connectivity index (χ1n) is 4.32. The van der Waals surface area contributed by atoms with Gasteiger partial charge in [0.25, 0.3) is 0 Å². The molecule has 3 aromatic rings. The van der Waals surface area contributed by atoms with E-state index < -0.39 is 0 Å². The van der Waals surface area contributed by atoms with E-state index in [1.54, 1.807) is 0 Å². The number of benzene rings is 2. The maximum Gasteiger partial charge on any atom is 1.00 e. The summed E-state index contributed by atoms with van der Waals surface area (Å²) in [6.07, 6.45) is 0. The summed E-state index contributed by atoms with van der Waals surface area (Å²) in [5.41, 5.74) is 2.27. The molecule has 0 unspecified atom stereocenters. The number of nitrogens with one attached hydrogen (secondary N) is 1. The average molecular weight is 363 g/mol. The zero-order valence-corrected chi connectivity index (χ0v) is 9.51. The minimum atomic E-state index is 0. The van der Waals surface area contributed by atoms with Crippen molar-refractivity contribution in [1.29, 1.82) is 0 Å². The Labute approximate surface area is 97.6 Å². The van der Waals surface area contributed by atoms with Crippen LogP contribution in [0.4, 0.5) is 0 Å². The topological polar surface area (TPSA) is 15.8 Å². The summed E-state index contributed by atoms with van der Waals surface area (Å²) >= 11 is 0. The van der Waals surface area contributed by atoms with Gasteiger partial charge in [-0.1, -0.05) is 23.7 Å². The van der Waals surface area contributed by atoms with E-state index in [0.717, 1.165) is 5.52 Å². The van der Waals surface area contributed by atoms with E-state index >= 15 is 0 Å². The van der Waals surface area contributed by atoms with Gasteiger partial charge >= 0.3 is 22.4 Å². The van der Waals surface area contributed by atoms with Crippen LogP contribution in [0.25, 0.3) is 21.8 Å². The first-order valence-corrected chi connectivity index (χ1v) is 4.32. The predicted octanol–water partition coefficient (Wildman–Crippen LogP) is 3.12. The Balaban J connectivity index is 0.000000750. The van der Waals surface area contributed by atoms with Crippen LogP contribution in [0.2, 0.25) is 0 Å². The van der Waals surface area contributed by atoms with E-state index in [1.807, 2.05) is 18.2 Å². The van der Waals surface area contributed by atoms with Crippen LogP contribution in [0, 0.1) is 6.07 Å². The number of rotatable bonds is 0. The summed E-state index contributed by atoms with van der Waals surface area (Å²) in [6, 6.07) is 17.6. The standard InChI is InChI=1S/C12H8N.Au/c1-3-7-11-9(5-1)10-6-2-4-8-12(10)13-11;/h1-7,13H;/q-1;+1. The fourth-order valence-corrected chi connectivity index (χ4v) is 1.73. The predicted molar refractivity (Wildman–Crippen MR) is 54.6 cm³/mol. The SMILES string of the molecule is [Au+].[c-]1cccc2c1[nH]c1ccccc12. The van der Waals surface area contributed by atoms with Gasteiger partial charge < -0.3 is 4.98 Å². The van der Waals surface area contributed by atoms with Gasteiger partial charge in [-0.3, -0.25) is 0 Å². The van der Waals surface area contributed by atoms with Gasteiger partial charge in [0.1, 0.15) is 0 Å². The summed E-state index contributed by atoms with van der Waals surface area (Å²) < 4.78 is 0. The quantitative estimate of drug-likeness (QED) is 0.467. The number of H-pyrrole nitrogens is 1. The van der Waals surface area contributed by atoms with Crippen LogP contribution in [0.1, 0.15) is 0 Å². The van der Waals surface area contributed by atoms with Crippen molar-refractivity contribution in [1.82, 2.24) is 4.98 Å². The van der Waals surface area contributed by atoms with Crippen molar-refractivity contribution in [3.8, 4) is 0 Å². The van der Waals surface area contributed by atoms with Gasteiger partial charge in [0, 0.05) is 5.52 Å². The molecule has 3 rings (SSSR count). The number of hydrogen-bond acceptors (Lipinski definition) is 0. The van der Waals surface area contributed by atoms with Crippen molar-refractivity contribution in [2.75, 3.05) is 0 Å². The maximum atomic E-state index is 3.32. The summed E-state index contributed by atoms with van der Waals surface area (Å²) in [5.74, 6) is 0. The van der Waals surface area contributed by atoms with E-state index in [1.165, 1.54) is 16.3 Å². The average Bonchev–Trinajstić information content (AvgIpc) is 2.56. The molecule has 2 heteroatoms. The zero-order chi connectivity index (χ0) is 8.67. The number of aromatic nitrogens is 1. The first kappa shape index (κ1) is 9.53. The number of hydrogen-bond donors (Lipinski definition) is 1. The Morgan fingerprint density at radius 1 is 0.929 bits per heavy atom. The molecule has 0 aliphatic heterocycles. The molecule has 0 bridgehead atoms. The van der Waals surface area contributed by atoms with Crippen LogP contribution < -0.4 is 0 Å². The molecule has 72 valence electrons. The van der Waals surface area contributed by atoms with Gasteiger partial charge in [-0.25, -0.2) is 0 Å². The van der Waals surface area contributed by atoms with Crippen LogP contribution in [0.15, 0.2) is 42.5 Å². The molecule has 1 aromatic heterocycles. The van der Waals surface area contributed by atoms with Crippen molar-refractivity contribution >= 4 is 21.8 Å². The second-order valence-corrected chi connectivity index (χ2v) is 3.13. The van der Waals surface area contributed by atoms with Gasteiger partial charge in [-0.2, -0.15) is 24.3 Å². The monoisotopic (exact) mass is 363 g/mol. The molecule has 0 aliphatic rings. The third-order valence-corrected chi connectivity index (χ3v) is 2.33. The van der Waals surface area contributed by atoms with E-state index in [4.69, 9.17) is 0 Å². The molecule has 0 atom stereocenters. The largest absolute Gasteiger partial charge is 1.00 e. The minimum absolute atomic E-state index is 0. The third kappa shape index (κ3) is 1.30. The fraction of sp³-hybridized carbons (Fsp3) is 0. The summed E-state index contributed by atoms with van der Waals surface area (Å²) in [5, 5.41) is 2.52. The molecule has 2 aromatic carbocycles. The molecule has 0 saturated heterocycles. The minimum Gasteiger partial charge on any atom is -0.378 e.